The first-order chi connectivity index (χ1) is 6.91. The summed E-state index contributed by atoms with van der Waals surface area (Å²) >= 11 is 1.16. The Morgan fingerprint density at radius 1 is 1.27 bits per heavy atom. The van der Waals surface area contributed by atoms with Crippen LogP contribution in [0.25, 0.3) is 0 Å². The smallest absolute Gasteiger partial charge is 0.332 e. The fraction of sp³-hybridized carbons (Fsp3) is 0.143. The van der Waals surface area contributed by atoms with Crippen molar-refractivity contribution in [3.8, 4) is 0 Å². The van der Waals surface area contributed by atoms with Gasteiger partial charge in [0, 0.05) is 7.05 Å². The van der Waals surface area contributed by atoms with Crippen LogP contribution in [0.2, 0.25) is 0 Å². The van der Waals surface area contributed by atoms with Gasteiger partial charge in [0.15, 0.2) is 17.3 Å². The van der Waals surface area contributed by atoms with E-state index < -0.39 is 37.3 Å². The Morgan fingerprint density at radius 3 is 2.20 bits per heavy atom. The van der Waals surface area contributed by atoms with Gasteiger partial charge in [-0.25, -0.2) is 8.78 Å². The monoisotopic (exact) mass is 332 g/mol. The van der Waals surface area contributed by atoms with Crippen molar-refractivity contribution in [2.24, 2.45) is 0 Å². The Balaban J connectivity index is 3.70. The average molecular weight is 332 g/mol. The lowest BCUT2D eigenvalue weighted by Crippen LogP contribution is -2.07. The van der Waals surface area contributed by atoms with Crippen molar-refractivity contribution >= 4 is 34.0 Å². The van der Waals surface area contributed by atoms with Crippen molar-refractivity contribution in [2.45, 2.75) is 0 Å². The van der Waals surface area contributed by atoms with E-state index in [2.05, 4.69) is 5.32 Å². The maximum Gasteiger partial charge on any atom is 0.332 e. The Hall–Kier alpha value is -1.06. The Bertz CT molecular complexity index is 439. The second-order valence-corrected chi connectivity index (χ2v) is 3.57. The lowest BCUT2D eigenvalue weighted by molar-refractivity contribution is -0.386. The van der Waals surface area contributed by atoms with Crippen LogP contribution in [0.3, 0.4) is 0 Å². The molecule has 0 aromatic heterocycles. The van der Waals surface area contributed by atoms with Gasteiger partial charge >= 0.3 is 5.69 Å². The molecule has 0 aliphatic rings. The van der Waals surface area contributed by atoms with Crippen molar-refractivity contribution in [3.63, 3.8) is 0 Å². The van der Waals surface area contributed by atoms with Crippen molar-refractivity contribution in [1.82, 2.24) is 0 Å². The van der Waals surface area contributed by atoms with E-state index in [9.17, 15) is 23.3 Å². The molecule has 0 heterocycles. The number of benzene rings is 1. The second-order valence-electron chi connectivity index (χ2n) is 2.49. The molecular formula is C7H4F3IN2O2. The molecule has 0 fully saturated rings. The fourth-order valence-electron chi connectivity index (χ4n) is 1.02. The summed E-state index contributed by atoms with van der Waals surface area (Å²) in [5, 5.41) is 12.5. The lowest BCUT2D eigenvalue weighted by atomic mass is 10.2. The number of hydrogen-bond acceptors (Lipinski definition) is 3. The summed E-state index contributed by atoms with van der Waals surface area (Å²) in [6.07, 6.45) is 0. The summed E-state index contributed by atoms with van der Waals surface area (Å²) in [7, 11) is 1.14. The maximum atomic E-state index is 13.2. The number of nitro groups is 1. The molecule has 0 amide bonds. The summed E-state index contributed by atoms with van der Waals surface area (Å²) in [5.74, 6) is -4.29. The molecule has 0 aliphatic heterocycles. The first kappa shape index (κ1) is 12.0. The molecule has 0 saturated heterocycles. The van der Waals surface area contributed by atoms with Gasteiger partial charge in [-0.3, -0.25) is 10.1 Å². The van der Waals surface area contributed by atoms with Gasteiger partial charge < -0.3 is 5.32 Å². The lowest BCUT2D eigenvalue weighted by Gasteiger charge is -2.07. The standard InChI is InChI=1S/C7H4F3IN2O2/c1-12-6-3(9)2(8)5(11)4(10)7(6)13(14)15/h12H,1H3. The van der Waals surface area contributed by atoms with E-state index in [1.165, 1.54) is 0 Å². The fourth-order valence-corrected chi connectivity index (χ4v) is 1.51. The highest BCUT2D eigenvalue weighted by Gasteiger charge is 2.30. The third kappa shape index (κ3) is 1.85. The third-order valence-electron chi connectivity index (χ3n) is 1.67. The summed E-state index contributed by atoms with van der Waals surface area (Å²) < 4.78 is 38.7. The molecule has 0 radical (unpaired) electrons. The third-order valence-corrected chi connectivity index (χ3v) is 2.62. The molecule has 0 unspecified atom stereocenters. The topological polar surface area (TPSA) is 55.2 Å². The molecule has 0 aliphatic carbocycles. The van der Waals surface area contributed by atoms with Gasteiger partial charge in [-0.2, -0.15) is 4.39 Å². The van der Waals surface area contributed by atoms with E-state index in [0.717, 1.165) is 29.6 Å². The minimum Gasteiger partial charge on any atom is -0.380 e. The molecule has 8 heteroatoms. The Labute approximate surface area is 95.8 Å². The predicted molar refractivity (Wildman–Crippen MR) is 55.2 cm³/mol. The maximum absolute atomic E-state index is 13.2. The highest BCUT2D eigenvalue weighted by Crippen LogP contribution is 2.35. The number of anilines is 1. The second kappa shape index (κ2) is 4.21. The molecule has 1 N–H and O–H groups in total. The minimum atomic E-state index is -1.46. The van der Waals surface area contributed by atoms with Crippen LogP contribution in [-0.2, 0) is 0 Å². The SMILES string of the molecule is CNc1c(F)c(F)c(I)c(F)c1[N+](=O)[O-]. The van der Waals surface area contributed by atoms with Crippen molar-refractivity contribution in [2.75, 3.05) is 12.4 Å². The van der Waals surface area contributed by atoms with Crippen LogP contribution >= 0.6 is 22.6 Å². The molecule has 1 aromatic rings. The van der Waals surface area contributed by atoms with E-state index in [0.29, 0.717) is 0 Å². The van der Waals surface area contributed by atoms with Gasteiger partial charge in [-0.1, -0.05) is 0 Å². The molecule has 82 valence electrons. The van der Waals surface area contributed by atoms with Crippen LogP contribution < -0.4 is 5.32 Å². The number of halogens is 4. The molecule has 0 saturated carbocycles. The number of rotatable bonds is 2. The zero-order valence-electron chi connectivity index (χ0n) is 7.28. The van der Waals surface area contributed by atoms with Crippen LogP contribution in [0.1, 0.15) is 0 Å². The van der Waals surface area contributed by atoms with Gasteiger partial charge in [0.05, 0.1) is 8.49 Å². The zero-order valence-corrected chi connectivity index (χ0v) is 9.43. The molecule has 15 heavy (non-hydrogen) atoms. The number of nitrogens with zero attached hydrogens (tertiary/aromatic N) is 1. The number of nitro benzene ring substituents is 1. The highest BCUT2D eigenvalue weighted by atomic mass is 127. The number of nitrogens with one attached hydrogen (secondary N) is 1. The summed E-state index contributed by atoms with van der Waals surface area (Å²) in [6.45, 7) is 0. The first-order valence-electron chi connectivity index (χ1n) is 3.59. The molecule has 1 rings (SSSR count). The number of hydrogen-bond donors (Lipinski definition) is 1. The molecule has 0 bridgehead atoms. The van der Waals surface area contributed by atoms with E-state index >= 15 is 0 Å². The van der Waals surface area contributed by atoms with Crippen molar-refractivity contribution in [3.05, 3.63) is 31.1 Å². The largest absolute Gasteiger partial charge is 0.380 e. The zero-order chi connectivity index (χ0) is 11.7. The van der Waals surface area contributed by atoms with E-state index in [1.54, 1.807) is 0 Å². The van der Waals surface area contributed by atoms with Gasteiger partial charge in [0.25, 0.3) is 0 Å². The van der Waals surface area contributed by atoms with E-state index in [-0.39, 0.29) is 0 Å². The Kier molecular flexibility index (Phi) is 3.37. The van der Waals surface area contributed by atoms with Crippen LogP contribution in [-0.4, -0.2) is 12.0 Å². The van der Waals surface area contributed by atoms with Gasteiger partial charge in [0.1, 0.15) is 0 Å². The van der Waals surface area contributed by atoms with Gasteiger partial charge in [0.2, 0.25) is 5.82 Å². The van der Waals surface area contributed by atoms with Crippen LogP contribution in [0.5, 0.6) is 0 Å². The summed E-state index contributed by atoms with van der Waals surface area (Å²) in [4.78, 5) is 9.35. The quantitative estimate of drug-likeness (QED) is 0.298. The van der Waals surface area contributed by atoms with Crippen molar-refractivity contribution < 1.29 is 18.1 Å². The van der Waals surface area contributed by atoms with E-state index in [4.69, 9.17) is 0 Å². The molecule has 0 spiro atoms. The normalized spacial score (nSPS) is 10.2. The average Bonchev–Trinajstić information content (AvgIpc) is 2.19. The van der Waals surface area contributed by atoms with Crippen LogP contribution in [0.15, 0.2) is 0 Å². The molecule has 0 atom stereocenters. The summed E-state index contributed by atoms with van der Waals surface area (Å²) in [6, 6.07) is 0. The summed E-state index contributed by atoms with van der Waals surface area (Å²) in [5.41, 5.74) is -1.89. The van der Waals surface area contributed by atoms with Gasteiger partial charge in [-0.05, 0) is 22.6 Å². The van der Waals surface area contributed by atoms with Crippen LogP contribution in [0, 0.1) is 31.1 Å². The predicted octanol–water partition coefficient (Wildman–Crippen LogP) is 2.66. The molecule has 4 nitrogen and oxygen atoms in total. The first-order valence-corrected chi connectivity index (χ1v) is 4.67. The molecular weight excluding hydrogens is 328 g/mol. The van der Waals surface area contributed by atoms with E-state index in [1.807, 2.05) is 0 Å². The Morgan fingerprint density at radius 2 is 1.80 bits per heavy atom. The van der Waals surface area contributed by atoms with Crippen molar-refractivity contribution in [1.29, 1.82) is 0 Å². The molecule has 1 aromatic carbocycles. The highest BCUT2D eigenvalue weighted by molar-refractivity contribution is 14.1. The minimum absolute atomic E-state index is 0.740. The van der Waals surface area contributed by atoms with Gasteiger partial charge in [-0.15, -0.1) is 0 Å². The van der Waals surface area contributed by atoms with Crippen LogP contribution in [0.4, 0.5) is 24.5 Å².